The van der Waals surface area contributed by atoms with Crippen LogP contribution in [0.2, 0.25) is 0 Å². The maximum atomic E-state index is 5.20. The first-order valence-corrected chi connectivity index (χ1v) is 25.9. The zero-order chi connectivity index (χ0) is 42.3. The maximum Gasteiger partial charge on any atom is 0.239 e. The quantitative estimate of drug-likeness (QED) is 0.0257. The van der Waals surface area contributed by atoms with Crippen LogP contribution in [0.4, 0.5) is 11.4 Å². The van der Waals surface area contributed by atoms with Gasteiger partial charge < -0.3 is 9.80 Å². The van der Waals surface area contributed by atoms with Crippen molar-refractivity contribution < 1.29 is 4.57 Å². The van der Waals surface area contributed by atoms with Crippen molar-refractivity contribution in [3.63, 3.8) is 0 Å². The van der Waals surface area contributed by atoms with Crippen molar-refractivity contribution in [1.82, 2.24) is 4.98 Å². The first-order chi connectivity index (χ1) is 29.6. The van der Waals surface area contributed by atoms with Crippen LogP contribution in [0.1, 0.15) is 219 Å². The van der Waals surface area contributed by atoms with Gasteiger partial charge in [-0.1, -0.05) is 225 Å². The third-order valence-corrected chi connectivity index (χ3v) is 13.2. The average molecular weight is 820 g/mol. The van der Waals surface area contributed by atoms with Crippen LogP contribution in [0.3, 0.4) is 0 Å². The molecule has 0 unspecified atom stereocenters. The summed E-state index contributed by atoms with van der Waals surface area (Å²) in [6, 6.07) is 24.6. The van der Waals surface area contributed by atoms with Crippen molar-refractivity contribution in [1.29, 1.82) is 0 Å². The molecule has 4 rings (SSSR count). The van der Waals surface area contributed by atoms with E-state index >= 15 is 0 Å². The number of nitrogens with zero attached hydrogens (tertiary/aromatic N) is 4. The Morgan fingerprint density at radius 2 is 0.667 bits per heavy atom. The Bertz CT molecular complexity index is 1550. The van der Waals surface area contributed by atoms with E-state index < -0.39 is 0 Å². The Morgan fingerprint density at radius 1 is 0.367 bits per heavy atom. The first kappa shape index (κ1) is 49.5. The summed E-state index contributed by atoms with van der Waals surface area (Å²) < 4.78 is 2.44. The molecule has 0 saturated carbocycles. The molecule has 0 spiro atoms. The fourth-order valence-corrected chi connectivity index (χ4v) is 9.21. The SMILES string of the molecule is CCCCCCCCCCCCCCCCCCN(C)c1ccc2nc3ccc(N(C)CCCCCCCCCCCCCCCCCC)cc3[n+](-c3ccccc3)c2c1. The highest BCUT2D eigenvalue weighted by Crippen LogP contribution is 2.26. The number of unbranched alkanes of at least 4 members (excludes halogenated alkanes) is 30. The summed E-state index contributed by atoms with van der Waals surface area (Å²) in [7, 11) is 4.53. The summed E-state index contributed by atoms with van der Waals surface area (Å²) >= 11 is 0. The monoisotopic (exact) mass is 820 g/mol. The molecular weight excluding hydrogens is 729 g/mol. The topological polar surface area (TPSA) is 23.3 Å². The maximum absolute atomic E-state index is 5.20. The van der Waals surface area contributed by atoms with Crippen LogP contribution in [-0.2, 0) is 0 Å². The molecule has 1 aromatic heterocycles. The third-order valence-electron chi connectivity index (χ3n) is 13.2. The van der Waals surface area contributed by atoms with E-state index in [2.05, 4.69) is 109 Å². The highest BCUT2D eigenvalue weighted by molar-refractivity contribution is 5.86. The lowest BCUT2D eigenvalue weighted by Gasteiger charge is -2.20. The van der Waals surface area contributed by atoms with E-state index in [4.69, 9.17) is 4.98 Å². The molecule has 0 fully saturated rings. The molecule has 60 heavy (non-hydrogen) atoms. The molecule has 0 radical (unpaired) electrons. The Labute approximate surface area is 370 Å². The zero-order valence-corrected chi connectivity index (χ0v) is 39.7. The second-order valence-corrected chi connectivity index (χ2v) is 18.6. The molecule has 0 bridgehead atoms. The van der Waals surface area contributed by atoms with Gasteiger partial charge in [-0.3, -0.25) is 0 Å². The Kier molecular flexibility index (Phi) is 26.1. The van der Waals surface area contributed by atoms with Crippen LogP contribution in [0.15, 0.2) is 66.7 Å². The minimum absolute atomic E-state index is 1.04. The molecular formula is C56H91N4+. The summed E-state index contributed by atoms with van der Waals surface area (Å²) in [5.74, 6) is 0. The van der Waals surface area contributed by atoms with Gasteiger partial charge in [0.2, 0.25) is 16.7 Å². The van der Waals surface area contributed by atoms with Crippen molar-refractivity contribution in [2.45, 2.75) is 219 Å². The predicted molar refractivity (Wildman–Crippen MR) is 266 cm³/mol. The molecule has 0 atom stereocenters. The van der Waals surface area contributed by atoms with Crippen molar-refractivity contribution in [3.05, 3.63) is 66.7 Å². The third kappa shape index (κ3) is 19.3. The smallest absolute Gasteiger partial charge is 0.239 e. The second-order valence-electron chi connectivity index (χ2n) is 18.6. The summed E-state index contributed by atoms with van der Waals surface area (Å²) in [5, 5.41) is 0. The highest BCUT2D eigenvalue weighted by Gasteiger charge is 2.21. The van der Waals surface area contributed by atoms with E-state index in [0.717, 1.165) is 24.1 Å². The lowest BCUT2D eigenvalue weighted by Crippen LogP contribution is -2.34. The standard InChI is InChI=1S/C56H91N4/c1-5-7-9-11-13-15-17-19-21-23-25-27-29-31-33-38-46-58(3)51-42-44-53-55(48-51)60(50-40-36-35-37-41-50)56-49-52(43-45-54(56)57-53)59(4)47-39-34-32-30-28-26-24-22-20-18-16-14-12-10-8-6-2/h35-37,40-45,48-49H,5-34,38-39,46-47H2,1-4H3/q+1. The van der Waals surface area contributed by atoms with Gasteiger partial charge in [0.15, 0.2) is 0 Å². The van der Waals surface area contributed by atoms with E-state index in [1.807, 2.05) is 0 Å². The molecule has 4 nitrogen and oxygen atoms in total. The molecule has 0 saturated heterocycles. The molecule has 0 amide bonds. The van der Waals surface area contributed by atoms with Crippen LogP contribution in [0.25, 0.3) is 27.8 Å². The fourth-order valence-electron chi connectivity index (χ4n) is 9.21. The van der Waals surface area contributed by atoms with Gasteiger partial charge in [0.05, 0.1) is 0 Å². The number of fused-ring (bicyclic) bond motifs is 2. The Balaban J connectivity index is 1.19. The second kappa shape index (κ2) is 31.7. The lowest BCUT2D eigenvalue weighted by atomic mass is 10.0. The predicted octanol–water partition coefficient (Wildman–Crippen LogP) is 17.1. The average Bonchev–Trinajstić information content (AvgIpc) is 3.27. The van der Waals surface area contributed by atoms with Gasteiger partial charge in [-0.25, -0.2) is 4.98 Å². The molecule has 1 heterocycles. The van der Waals surface area contributed by atoms with Crippen LogP contribution >= 0.6 is 0 Å². The van der Waals surface area contributed by atoms with Crippen molar-refractivity contribution in [3.8, 4) is 5.69 Å². The van der Waals surface area contributed by atoms with Gasteiger partial charge >= 0.3 is 0 Å². The van der Waals surface area contributed by atoms with Crippen LogP contribution in [-0.4, -0.2) is 32.2 Å². The minimum Gasteiger partial charge on any atom is -0.374 e. The zero-order valence-electron chi connectivity index (χ0n) is 39.7. The van der Waals surface area contributed by atoms with E-state index in [1.165, 1.54) is 234 Å². The molecule has 0 aliphatic heterocycles. The van der Waals surface area contributed by atoms with E-state index in [9.17, 15) is 0 Å². The van der Waals surface area contributed by atoms with Gasteiger partial charge in [-0.05, 0) is 37.1 Å². The van der Waals surface area contributed by atoms with E-state index in [1.54, 1.807) is 0 Å². The molecule has 3 aromatic carbocycles. The molecule has 0 N–H and O–H groups in total. The van der Waals surface area contributed by atoms with Gasteiger partial charge in [0, 0.05) is 62.8 Å². The van der Waals surface area contributed by atoms with Crippen LogP contribution in [0.5, 0.6) is 0 Å². The van der Waals surface area contributed by atoms with Crippen LogP contribution in [0, 0.1) is 0 Å². The largest absolute Gasteiger partial charge is 0.374 e. The number of aromatic nitrogens is 2. The summed E-state index contributed by atoms with van der Waals surface area (Å²) in [5.41, 5.74) is 8.15. The molecule has 334 valence electrons. The lowest BCUT2D eigenvalue weighted by molar-refractivity contribution is -0.538. The van der Waals surface area contributed by atoms with Gasteiger partial charge in [-0.15, -0.1) is 4.57 Å². The summed E-state index contributed by atoms with van der Waals surface area (Å²) in [4.78, 5) is 10.1. The van der Waals surface area contributed by atoms with Gasteiger partial charge in [0.1, 0.15) is 11.0 Å². The van der Waals surface area contributed by atoms with Gasteiger partial charge in [-0.2, -0.15) is 0 Å². The number of benzene rings is 3. The molecule has 4 aromatic rings. The fraction of sp³-hybridized carbons (Fsp3) is 0.679. The minimum atomic E-state index is 1.04. The van der Waals surface area contributed by atoms with Crippen molar-refractivity contribution >= 4 is 33.4 Å². The summed E-state index contributed by atoms with van der Waals surface area (Å²) in [6.45, 7) is 6.79. The van der Waals surface area contributed by atoms with E-state index in [-0.39, 0.29) is 0 Å². The van der Waals surface area contributed by atoms with E-state index in [0.29, 0.717) is 0 Å². The van der Waals surface area contributed by atoms with Gasteiger partial charge in [0.25, 0.3) is 0 Å². The number of hydrogen-bond acceptors (Lipinski definition) is 3. The number of anilines is 2. The normalized spacial score (nSPS) is 11.6. The Hall–Kier alpha value is -3.14. The van der Waals surface area contributed by atoms with Crippen molar-refractivity contribution in [2.24, 2.45) is 0 Å². The Morgan fingerprint density at radius 3 is 0.983 bits per heavy atom. The highest BCUT2D eigenvalue weighted by atomic mass is 15.1. The molecule has 0 aliphatic carbocycles. The summed E-state index contributed by atoms with van der Waals surface area (Å²) in [6.07, 6.45) is 45.0. The van der Waals surface area contributed by atoms with Crippen LogP contribution < -0.4 is 14.4 Å². The number of hydrogen-bond donors (Lipinski definition) is 0. The molecule has 4 heteroatoms. The first-order valence-electron chi connectivity index (χ1n) is 25.9. The molecule has 0 aliphatic rings. The number of rotatable bonds is 37. The number of para-hydroxylation sites is 1. The van der Waals surface area contributed by atoms with Crippen molar-refractivity contribution in [2.75, 3.05) is 37.0 Å².